The van der Waals surface area contributed by atoms with E-state index in [4.69, 9.17) is 16.3 Å². The van der Waals surface area contributed by atoms with Crippen LogP contribution in [0.15, 0.2) is 48.7 Å². The lowest BCUT2D eigenvalue weighted by Crippen LogP contribution is -2.54. The summed E-state index contributed by atoms with van der Waals surface area (Å²) in [7, 11) is 1.87. The van der Waals surface area contributed by atoms with Crippen LogP contribution in [0, 0.1) is 5.92 Å². The van der Waals surface area contributed by atoms with Crippen LogP contribution in [0.2, 0.25) is 5.02 Å². The van der Waals surface area contributed by atoms with Crippen LogP contribution in [0.3, 0.4) is 0 Å². The number of nitrogens with zero attached hydrogens (tertiary/aromatic N) is 2. The summed E-state index contributed by atoms with van der Waals surface area (Å²) in [6.07, 6.45) is 4.10. The maximum absolute atomic E-state index is 16.4. The molecule has 1 aliphatic carbocycles. The lowest BCUT2D eigenvalue weighted by Gasteiger charge is -2.37. The number of carboxylic acid groups (broad SMARTS) is 1. The fourth-order valence-electron chi connectivity index (χ4n) is 5.75. The molecule has 8 nitrogen and oxygen atoms in total. The summed E-state index contributed by atoms with van der Waals surface area (Å²) in [6.45, 7) is 0.819. The zero-order chi connectivity index (χ0) is 28.4. The van der Waals surface area contributed by atoms with Crippen molar-refractivity contribution in [3.8, 4) is 0 Å². The molecule has 1 aromatic heterocycles. The van der Waals surface area contributed by atoms with Crippen LogP contribution in [0.4, 0.5) is 10.1 Å². The quantitative estimate of drug-likeness (QED) is 0.327. The number of ether oxygens (including phenoxy) is 1. The molecule has 2 fully saturated rings. The number of fused-ring (bicyclic) bond motifs is 1. The number of carboxylic acids is 1. The van der Waals surface area contributed by atoms with Gasteiger partial charge in [0.1, 0.15) is 0 Å². The van der Waals surface area contributed by atoms with Gasteiger partial charge in [0.05, 0.1) is 28.3 Å². The zero-order valence-electron chi connectivity index (χ0n) is 22.4. The number of aryl methyl sites for hydroxylation is 1. The minimum atomic E-state index is -2.59. The van der Waals surface area contributed by atoms with Crippen molar-refractivity contribution < 1.29 is 28.6 Å². The molecule has 2 N–H and O–H groups in total. The first-order chi connectivity index (χ1) is 19.2. The molecular weight excluding hydrogens is 537 g/mol. The molecule has 3 aromatic rings. The van der Waals surface area contributed by atoms with Gasteiger partial charge in [-0.1, -0.05) is 35.9 Å². The molecule has 1 amide bonds. The number of Topliss-reactive ketones (excluding diaryl/α,β-unsaturated/α-hetero) is 1. The predicted molar refractivity (Wildman–Crippen MR) is 150 cm³/mol. The summed E-state index contributed by atoms with van der Waals surface area (Å²) in [5.74, 6) is -4.94. The van der Waals surface area contributed by atoms with Crippen molar-refractivity contribution in [1.82, 2.24) is 9.47 Å². The van der Waals surface area contributed by atoms with E-state index in [9.17, 15) is 19.5 Å². The first-order valence-electron chi connectivity index (χ1n) is 13.7. The first-order valence-corrected chi connectivity index (χ1v) is 14.0. The van der Waals surface area contributed by atoms with Gasteiger partial charge in [0.15, 0.2) is 0 Å². The summed E-state index contributed by atoms with van der Waals surface area (Å²) in [5, 5.41) is 13.1. The standard InChI is InChI=1S/C30H33ClFN3O5/c1-34-18-23(22-6-2-3-7-26(22)34)28(37)33-25-13-8-19(16-24(25)31)17-27(36)30(32,35-14-4-5-15-35)40-21-11-9-20(10-12-21)29(38)39/h2-3,6-8,13,16,18,20-21H,4-5,9-12,14-15,17H2,1H3,(H,33,37)(H,38,39). The Morgan fingerprint density at radius 1 is 1.10 bits per heavy atom. The molecule has 40 heavy (non-hydrogen) atoms. The Morgan fingerprint density at radius 3 is 2.48 bits per heavy atom. The van der Waals surface area contributed by atoms with E-state index in [-0.39, 0.29) is 17.4 Å². The van der Waals surface area contributed by atoms with E-state index >= 15 is 4.39 Å². The predicted octanol–water partition coefficient (Wildman–Crippen LogP) is 5.57. The summed E-state index contributed by atoms with van der Waals surface area (Å²) in [6, 6.07) is 12.4. The number of carbonyl (C=O) groups excluding carboxylic acids is 2. The second kappa shape index (κ2) is 11.7. The van der Waals surface area contributed by atoms with Gasteiger partial charge >= 0.3 is 11.9 Å². The van der Waals surface area contributed by atoms with Crippen molar-refractivity contribution >= 4 is 45.9 Å². The van der Waals surface area contributed by atoms with E-state index in [2.05, 4.69) is 5.32 Å². The fourth-order valence-corrected chi connectivity index (χ4v) is 6.00. The van der Waals surface area contributed by atoms with Crippen LogP contribution < -0.4 is 5.32 Å². The summed E-state index contributed by atoms with van der Waals surface area (Å²) in [5.41, 5.74) is 2.32. The van der Waals surface area contributed by atoms with E-state index in [1.807, 2.05) is 35.9 Å². The van der Waals surface area contributed by atoms with E-state index in [0.29, 0.717) is 55.6 Å². The monoisotopic (exact) mass is 569 g/mol. The van der Waals surface area contributed by atoms with Crippen LogP contribution in [0.1, 0.15) is 54.4 Å². The molecule has 2 aromatic carbocycles. The Morgan fingerprint density at radius 2 is 1.80 bits per heavy atom. The molecule has 0 radical (unpaired) electrons. The number of rotatable bonds is 9. The lowest BCUT2D eigenvalue weighted by atomic mass is 9.87. The maximum atomic E-state index is 16.4. The van der Waals surface area contributed by atoms with Crippen molar-refractivity contribution in [2.75, 3.05) is 18.4 Å². The number of hydrogen-bond acceptors (Lipinski definition) is 5. The molecule has 2 aliphatic rings. The summed E-state index contributed by atoms with van der Waals surface area (Å²) < 4.78 is 24.2. The number of amides is 1. The number of nitrogens with one attached hydrogen (secondary N) is 1. The number of para-hydroxylation sites is 1. The number of carbonyl (C=O) groups is 3. The Balaban J connectivity index is 1.28. The second-order valence-electron chi connectivity index (χ2n) is 10.7. The highest BCUT2D eigenvalue weighted by Gasteiger charge is 2.48. The number of anilines is 1. The smallest absolute Gasteiger partial charge is 0.330 e. The Bertz CT molecular complexity index is 1430. The zero-order valence-corrected chi connectivity index (χ0v) is 23.1. The Labute approximate surface area is 237 Å². The third-order valence-electron chi connectivity index (χ3n) is 7.99. The van der Waals surface area contributed by atoms with Crippen LogP contribution in [0.5, 0.6) is 0 Å². The highest BCUT2D eigenvalue weighted by Crippen LogP contribution is 2.35. The number of hydrogen-bond donors (Lipinski definition) is 2. The molecule has 1 atom stereocenters. The molecule has 10 heteroatoms. The van der Waals surface area contributed by atoms with Crippen LogP contribution in [0.25, 0.3) is 10.9 Å². The number of ketones is 1. The van der Waals surface area contributed by atoms with Crippen molar-refractivity contribution in [3.63, 3.8) is 0 Å². The third kappa shape index (κ3) is 5.77. The van der Waals surface area contributed by atoms with E-state index in [1.165, 1.54) is 4.90 Å². The highest BCUT2D eigenvalue weighted by molar-refractivity contribution is 6.34. The van der Waals surface area contributed by atoms with Crippen molar-refractivity contribution in [2.24, 2.45) is 13.0 Å². The van der Waals surface area contributed by atoms with Gasteiger partial charge in [0, 0.05) is 43.7 Å². The van der Waals surface area contributed by atoms with Gasteiger partial charge in [-0.05, 0) is 62.3 Å². The van der Waals surface area contributed by atoms with Crippen molar-refractivity contribution in [3.05, 3.63) is 64.8 Å². The average molecular weight is 570 g/mol. The highest BCUT2D eigenvalue weighted by atomic mass is 35.5. The van der Waals surface area contributed by atoms with Gasteiger partial charge in [0.25, 0.3) is 5.91 Å². The number of aliphatic carboxylic acids is 1. The minimum absolute atomic E-state index is 0.234. The van der Waals surface area contributed by atoms with Gasteiger partial charge in [0.2, 0.25) is 5.78 Å². The van der Waals surface area contributed by atoms with Gasteiger partial charge in [-0.2, -0.15) is 4.39 Å². The van der Waals surface area contributed by atoms with Gasteiger partial charge < -0.3 is 19.7 Å². The molecule has 1 saturated heterocycles. The normalized spacial score (nSPS) is 21.3. The molecule has 0 spiro atoms. The molecule has 0 bridgehead atoms. The largest absolute Gasteiger partial charge is 0.481 e. The summed E-state index contributed by atoms with van der Waals surface area (Å²) >= 11 is 6.49. The van der Waals surface area contributed by atoms with Gasteiger partial charge in [-0.15, -0.1) is 0 Å². The number of benzene rings is 2. The number of alkyl halides is 1. The second-order valence-corrected chi connectivity index (χ2v) is 11.1. The molecule has 5 rings (SSSR count). The molecular formula is C30H33ClFN3O5. The number of likely N-dealkylation sites (tertiary alicyclic amines) is 1. The number of halogens is 2. The van der Waals surface area contributed by atoms with Gasteiger partial charge in [-0.3, -0.25) is 14.4 Å². The lowest BCUT2D eigenvalue weighted by molar-refractivity contribution is -0.252. The van der Waals surface area contributed by atoms with Crippen molar-refractivity contribution in [2.45, 2.75) is 57.0 Å². The molecule has 212 valence electrons. The Kier molecular flexibility index (Phi) is 8.26. The van der Waals surface area contributed by atoms with E-state index in [0.717, 1.165) is 23.7 Å². The van der Waals surface area contributed by atoms with E-state index < -0.39 is 29.8 Å². The number of aromatic nitrogens is 1. The molecule has 1 saturated carbocycles. The fraction of sp³-hybridized carbons (Fsp3) is 0.433. The molecule has 1 aliphatic heterocycles. The van der Waals surface area contributed by atoms with Crippen LogP contribution in [-0.2, 0) is 27.8 Å². The topological polar surface area (TPSA) is 101 Å². The molecule has 2 heterocycles. The van der Waals surface area contributed by atoms with Crippen LogP contribution >= 0.6 is 11.6 Å². The average Bonchev–Trinajstić information content (AvgIpc) is 3.60. The third-order valence-corrected chi connectivity index (χ3v) is 8.30. The maximum Gasteiger partial charge on any atom is 0.330 e. The van der Waals surface area contributed by atoms with Crippen LogP contribution in [-0.4, -0.2) is 57.4 Å². The van der Waals surface area contributed by atoms with Gasteiger partial charge in [-0.25, -0.2) is 4.90 Å². The SMILES string of the molecule is Cn1cc(C(=O)Nc2ccc(CC(=O)C(F)(OC3CCC(C(=O)O)CC3)N3CCCC3)cc2Cl)c2ccccc21. The minimum Gasteiger partial charge on any atom is -0.481 e. The first kappa shape index (κ1) is 28.3. The summed E-state index contributed by atoms with van der Waals surface area (Å²) in [4.78, 5) is 39.2. The van der Waals surface area contributed by atoms with Crippen molar-refractivity contribution in [1.29, 1.82) is 0 Å². The van der Waals surface area contributed by atoms with E-state index in [1.54, 1.807) is 24.4 Å². The molecule has 1 unspecified atom stereocenters. The Hall–Kier alpha value is -3.27.